The van der Waals surface area contributed by atoms with Crippen molar-refractivity contribution in [3.63, 3.8) is 0 Å². The second-order valence-corrected chi connectivity index (χ2v) is 3.38. The van der Waals surface area contributed by atoms with E-state index in [2.05, 4.69) is 4.74 Å². The molecule has 1 fully saturated rings. The van der Waals surface area contributed by atoms with E-state index in [1.54, 1.807) is 6.92 Å². The van der Waals surface area contributed by atoms with Gasteiger partial charge in [0, 0.05) is 6.54 Å². The Morgan fingerprint density at radius 1 is 1.64 bits per heavy atom. The molecule has 0 aromatic rings. The van der Waals surface area contributed by atoms with Gasteiger partial charge >= 0.3 is 12.1 Å². The van der Waals surface area contributed by atoms with Crippen molar-refractivity contribution in [1.29, 1.82) is 0 Å². The van der Waals surface area contributed by atoms with E-state index in [0.717, 1.165) is 0 Å². The van der Waals surface area contributed by atoms with Gasteiger partial charge in [-0.3, -0.25) is 4.79 Å². The Kier molecular flexibility index (Phi) is 2.76. The number of halogens is 3. The van der Waals surface area contributed by atoms with Gasteiger partial charge < -0.3 is 10.5 Å². The number of ether oxygens (including phenoxy) is 1. The molecule has 0 heterocycles. The van der Waals surface area contributed by atoms with Crippen LogP contribution in [0, 0.1) is 11.3 Å². The predicted molar refractivity (Wildman–Crippen MR) is 42.3 cm³/mol. The number of esters is 1. The summed E-state index contributed by atoms with van der Waals surface area (Å²) < 4.78 is 41.3. The third kappa shape index (κ3) is 1.70. The minimum atomic E-state index is -4.36. The molecule has 6 heteroatoms. The predicted octanol–water partition coefficient (Wildman–Crippen LogP) is 1.08. The quantitative estimate of drug-likeness (QED) is 0.710. The van der Waals surface area contributed by atoms with Crippen LogP contribution in [0.5, 0.6) is 0 Å². The van der Waals surface area contributed by atoms with E-state index < -0.39 is 23.5 Å². The maximum absolute atomic E-state index is 12.3. The van der Waals surface area contributed by atoms with Crippen LogP contribution in [0.15, 0.2) is 0 Å². The van der Waals surface area contributed by atoms with Crippen LogP contribution in [-0.2, 0) is 9.53 Å². The van der Waals surface area contributed by atoms with Crippen molar-refractivity contribution in [2.75, 3.05) is 13.2 Å². The van der Waals surface area contributed by atoms with Gasteiger partial charge in [0.2, 0.25) is 0 Å². The summed E-state index contributed by atoms with van der Waals surface area (Å²) >= 11 is 0. The molecule has 0 radical (unpaired) electrons. The molecule has 2 atom stereocenters. The van der Waals surface area contributed by atoms with E-state index in [-0.39, 0.29) is 19.6 Å². The molecule has 0 aromatic carbocycles. The maximum atomic E-state index is 12.3. The van der Waals surface area contributed by atoms with Crippen LogP contribution in [0.1, 0.15) is 13.3 Å². The van der Waals surface area contributed by atoms with Gasteiger partial charge in [0.15, 0.2) is 0 Å². The van der Waals surface area contributed by atoms with Crippen molar-refractivity contribution < 1.29 is 22.7 Å². The van der Waals surface area contributed by atoms with Gasteiger partial charge in [-0.05, 0) is 13.3 Å². The lowest BCUT2D eigenvalue weighted by atomic mass is 10.0. The highest BCUT2D eigenvalue weighted by atomic mass is 19.4. The van der Waals surface area contributed by atoms with Crippen molar-refractivity contribution in [3.05, 3.63) is 0 Å². The first kappa shape index (κ1) is 11.3. The zero-order chi connectivity index (χ0) is 11.0. The summed E-state index contributed by atoms with van der Waals surface area (Å²) in [5.74, 6) is -2.45. The van der Waals surface area contributed by atoms with E-state index in [0.29, 0.717) is 0 Å². The molecule has 1 rings (SSSR count). The second kappa shape index (κ2) is 3.42. The summed E-state index contributed by atoms with van der Waals surface area (Å²) in [4.78, 5) is 11.2. The lowest BCUT2D eigenvalue weighted by Crippen LogP contribution is -2.33. The number of hydrogen-bond acceptors (Lipinski definition) is 3. The van der Waals surface area contributed by atoms with Crippen molar-refractivity contribution >= 4 is 5.97 Å². The molecule has 3 nitrogen and oxygen atoms in total. The van der Waals surface area contributed by atoms with E-state index in [1.807, 2.05) is 0 Å². The highest BCUT2D eigenvalue weighted by Gasteiger charge is 2.70. The Hall–Kier alpha value is -0.780. The first-order chi connectivity index (χ1) is 6.38. The molecule has 0 unspecified atom stereocenters. The van der Waals surface area contributed by atoms with E-state index in [1.165, 1.54) is 0 Å². The first-order valence-corrected chi connectivity index (χ1v) is 4.32. The fraction of sp³-hybridized carbons (Fsp3) is 0.875. The molecule has 1 saturated carbocycles. The highest BCUT2D eigenvalue weighted by Crippen LogP contribution is 2.60. The largest absolute Gasteiger partial charge is 0.466 e. The Morgan fingerprint density at radius 3 is 2.50 bits per heavy atom. The number of carbonyl (C=O) groups is 1. The van der Waals surface area contributed by atoms with E-state index in [9.17, 15) is 18.0 Å². The van der Waals surface area contributed by atoms with Gasteiger partial charge in [-0.1, -0.05) is 0 Å². The van der Waals surface area contributed by atoms with Gasteiger partial charge in [-0.2, -0.15) is 13.2 Å². The topological polar surface area (TPSA) is 52.3 Å². The molecule has 1 aliphatic rings. The van der Waals surface area contributed by atoms with Crippen LogP contribution < -0.4 is 5.73 Å². The maximum Gasteiger partial charge on any atom is 0.393 e. The third-order valence-electron chi connectivity index (χ3n) is 2.52. The molecule has 2 N–H and O–H groups in total. The lowest BCUT2D eigenvalue weighted by Gasteiger charge is -2.14. The van der Waals surface area contributed by atoms with Gasteiger partial charge in [-0.15, -0.1) is 0 Å². The fourth-order valence-electron chi connectivity index (χ4n) is 1.54. The summed E-state index contributed by atoms with van der Waals surface area (Å²) in [6, 6.07) is 0. The molecule has 0 bridgehead atoms. The van der Waals surface area contributed by atoms with Gasteiger partial charge in [0.25, 0.3) is 0 Å². The summed E-state index contributed by atoms with van der Waals surface area (Å²) in [7, 11) is 0. The zero-order valence-electron chi connectivity index (χ0n) is 7.73. The SMILES string of the molecule is CCOC(=O)[C@@]1(CN)C[C@H]1C(F)(F)F. The van der Waals surface area contributed by atoms with Crippen LogP contribution in [0.2, 0.25) is 0 Å². The van der Waals surface area contributed by atoms with E-state index in [4.69, 9.17) is 5.73 Å². The molecule has 0 aliphatic heterocycles. The Bertz CT molecular complexity index is 241. The Balaban J connectivity index is 2.70. The third-order valence-corrected chi connectivity index (χ3v) is 2.52. The number of alkyl halides is 3. The second-order valence-electron chi connectivity index (χ2n) is 3.38. The van der Waals surface area contributed by atoms with Crippen LogP contribution in [0.4, 0.5) is 13.2 Å². The molecule has 14 heavy (non-hydrogen) atoms. The van der Waals surface area contributed by atoms with Gasteiger partial charge in [0.05, 0.1) is 17.9 Å². The minimum Gasteiger partial charge on any atom is -0.466 e. The van der Waals surface area contributed by atoms with Crippen molar-refractivity contribution in [2.45, 2.75) is 19.5 Å². The highest BCUT2D eigenvalue weighted by molar-refractivity contribution is 5.81. The fourth-order valence-corrected chi connectivity index (χ4v) is 1.54. The molecular formula is C8H12F3NO2. The Labute approximate surface area is 79.4 Å². The number of rotatable bonds is 3. The normalized spacial score (nSPS) is 31.4. The van der Waals surface area contributed by atoms with Crippen LogP contribution in [0.3, 0.4) is 0 Å². The molecule has 82 valence electrons. The van der Waals surface area contributed by atoms with Crippen molar-refractivity contribution in [2.24, 2.45) is 17.1 Å². The molecule has 1 aliphatic carbocycles. The zero-order valence-corrected chi connectivity index (χ0v) is 7.73. The molecule has 0 aromatic heterocycles. The number of nitrogens with two attached hydrogens (primary N) is 1. The molecular weight excluding hydrogens is 199 g/mol. The number of hydrogen-bond donors (Lipinski definition) is 1. The van der Waals surface area contributed by atoms with Gasteiger partial charge in [-0.25, -0.2) is 0 Å². The minimum absolute atomic E-state index is 0.0746. The van der Waals surface area contributed by atoms with Crippen LogP contribution in [0.25, 0.3) is 0 Å². The van der Waals surface area contributed by atoms with Crippen molar-refractivity contribution in [3.8, 4) is 0 Å². The van der Waals surface area contributed by atoms with E-state index >= 15 is 0 Å². The summed E-state index contributed by atoms with van der Waals surface area (Å²) in [5, 5.41) is 0. The summed E-state index contributed by atoms with van der Waals surface area (Å²) in [6.07, 6.45) is -4.60. The van der Waals surface area contributed by atoms with Gasteiger partial charge in [0.1, 0.15) is 0 Å². The standard InChI is InChI=1S/C8H12F3NO2/c1-2-14-6(13)7(4-12)3-5(7)8(9,10)11/h5H,2-4,12H2,1H3/t5-,7-/m1/s1. The summed E-state index contributed by atoms with van der Waals surface area (Å²) in [6.45, 7) is 1.31. The number of carbonyl (C=O) groups excluding carboxylic acids is 1. The molecule has 0 saturated heterocycles. The average Bonchev–Trinajstić information content (AvgIpc) is 2.79. The lowest BCUT2D eigenvalue weighted by molar-refractivity contribution is -0.170. The smallest absolute Gasteiger partial charge is 0.393 e. The molecule has 0 amide bonds. The summed E-state index contributed by atoms with van der Waals surface area (Å²) in [5.41, 5.74) is 3.68. The Morgan fingerprint density at radius 2 is 2.21 bits per heavy atom. The molecule has 0 spiro atoms. The average molecular weight is 211 g/mol. The first-order valence-electron chi connectivity index (χ1n) is 4.32. The monoisotopic (exact) mass is 211 g/mol. The van der Waals surface area contributed by atoms with Crippen LogP contribution >= 0.6 is 0 Å². The van der Waals surface area contributed by atoms with Crippen molar-refractivity contribution in [1.82, 2.24) is 0 Å². The van der Waals surface area contributed by atoms with Crippen LogP contribution in [-0.4, -0.2) is 25.3 Å².